The molecule has 9 nitrogen and oxygen atoms in total. The van der Waals surface area contributed by atoms with Crippen LogP contribution in [0.2, 0.25) is 0 Å². The molecule has 1 saturated heterocycles. The van der Waals surface area contributed by atoms with Gasteiger partial charge in [0.2, 0.25) is 5.91 Å². The third kappa shape index (κ3) is 2.65. The number of rotatable bonds is 4. The van der Waals surface area contributed by atoms with Gasteiger partial charge in [-0.2, -0.15) is 5.10 Å². The molecule has 3 aliphatic rings. The van der Waals surface area contributed by atoms with Crippen molar-refractivity contribution in [2.45, 2.75) is 38.3 Å². The Morgan fingerprint density at radius 2 is 1.73 bits per heavy atom. The average molecular weight is 408 g/mol. The summed E-state index contributed by atoms with van der Waals surface area (Å²) >= 11 is 0. The molecule has 0 radical (unpaired) electrons. The molecule has 1 saturated carbocycles. The molecule has 2 fully saturated rings. The van der Waals surface area contributed by atoms with E-state index in [-0.39, 0.29) is 29.5 Å². The second-order valence-corrected chi connectivity index (χ2v) is 7.96. The number of fused-ring (bicyclic) bond motifs is 1. The number of aryl methyl sites for hydroxylation is 1. The minimum absolute atomic E-state index is 0.0303. The van der Waals surface area contributed by atoms with Crippen molar-refractivity contribution in [1.82, 2.24) is 19.7 Å². The van der Waals surface area contributed by atoms with Gasteiger partial charge in [0, 0.05) is 30.8 Å². The zero-order valence-corrected chi connectivity index (χ0v) is 16.6. The molecule has 0 N–H and O–H groups in total. The Bertz CT molecular complexity index is 1070. The Labute approximate surface area is 172 Å². The molecule has 1 aliphatic carbocycles. The van der Waals surface area contributed by atoms with Crippen LogP contribution in [0.5, 0.6) is 0 Å². The van der Waals surface area contributed by atoms with E-state index in [1.165, 1.54) is 12.1 Å². The first-order valence-corrected chi connectivity index (χ1v) is 9.87. The van der Waals surface area contributed by atoms with Crippen molar-refractivity contribution in [1.29, 1.82) is 0 Å². The maximum absolute atomic E-state index is 13.1. The second-order valence-electron chi connectivity index (χ2n) is 7.96. The molecule has 0 unspecified atom stereocenters. The molecule has 5 rings (SSSR count). The van der Waals surface area contributed by atoms with Gasteiger partial charge in [-0.1, -0.05) is 17.2 Å². The molecule has 2 aromatic rings. The van der Waals surface area contributed by atoms with Crippen LogP contribution >= 0.6 is 0 Å². The summed E-state index contributed by atoms with van der Waals surface area (Å²) in [5.41, 5.74) is 2.01. The summed E-state index contributed by atoms with van der Waals surface area (Å²) in [6.45, 7) is 1.88. The van der Waals surface area contributed by atoms with Crippen molar-refractivity contribution in [2.24, 2.45) is 13.0 Å². The standard InChI is InChI=1S/C21H20N4O5/c1-11-16(10-22-23(11)2)18-15(9-17(26)24(18)12-7-8-12)21(29)30-25-19(27)13-5-3-4-6-14(13)20(25)28/h3-6,10,12,15,18H,7-9H2,1-2H3/t15-,18-/m0/s1. The van der Waals surface area contributed by atoms with E-state index in [0.29, 0.717) is 5.06 Å². The summed E-state index contributed by atoms with van der Waals surface area (Å²) in [6, 6.07) is 5.87. The highest BCUT2D eigenvalue weighted by Gasteiger charge is 2.52. The van der Waals surface area contributed by atoms with Crippen LogP contribution in [0.15, 0.2) is 30.5 Å². The zero-order chi connectivity index (χ0) is 21.2. The van der Waals surface area contributed by atoms with Crippen molar-refractivity contribution in [3.05, 3.63) is 52.8 Å². The summed E-state index contributed by atoms with van der Waals surface area (Å²) < 4.78 is 1.69. The highest BCUT2D eigenvalue weighted by molar-refractivity contribution is 6.20. The minimum Gasteiger partial charge on any atom is -0.332 e. The van der Waals surface area contributed by atoms with E-state index in [1.54, 1.807) is 35.0 Å². The Morgan fingerprint density at radius 1 is 1.10 bits per heavy atom. The van der Waals surface area contributed by atoms with E-state index < -0.39 is 29.7 Å². The highest BCUT2D eigenvalue weighted by Crippen LogP contribution is 2.46. The Balaban J connectivity index is 1.44. The quantitative estimate of drug-likeness (QED) is 0.711. The molecule has 9 heteroatoms. The first-order chi connectivity index (χ1) is 14.4. The first-order valence-electron chi connectivity index (χ1n) is 9.87. The summed E-state index contributed by atoms with van der Waals surface area (Å²) in [5.74, 6) is -3.09. The van der Waals surface area contributed by atoms with Crippen LogP contribution in [0.3, 0.4) is 0 Å². The van der Waals surface area contributed by atoms with Gasteiger partial charge in [-0.05, 0) is 31.9 Å². The Kier molecular flexibility index (Phi) is 4.02. The van der Waals surface area contributed by atoms with Crippen LogP contribution in [0.4, 0.5) is 0 Å². The Morgan fingerprint density at radius 3 is 2.27 bits per heavy atom. The Hall–Kier alpha value is -3.49. The highest BCUT2D eigenvalue weighted by atomic mass is 16.7. The number of benzene rings is 1. The molecule has 3 amide bonds. The number of nitrogens with zero attached hydrogens (tertiary/aromatic N) is 4. The number of carbonyl (C=O) groups excluding carboxylic acids is 4. The molecular formula is C21H20N4O5. The van der Waals surface area contributed by atoms with Gasteiger partial charge in [-0.3, -0.25) is 19.1 Å². The van der Waals surface area contributed by atoms with Crippen LogP contribution in [0.25, 0.3) is 0 Å². The van der Waals surface area contributed by atoms with Crippen molar-refractivity contribution in [3.8, 4) is 0 Å². The summed E-state index contributed by atoms with van der Waals surface area (Å²) in [4.78, 5) is 58.0. The van der Waals surface area contributed by atoms with E-state index in [9.17, 15) is 19.2 Å². The van der Waals surface area contributed by atoms with Gasteiger partial charge in [0.15, 0.2) is 0 Å². The molecule has 2 atom stereocenters. The largest absolute Gasteiger partial charge is 0.339 e. The van der Waals surface area contributed by atoms with E-state index >= 15 is 0 Å². The van der Waals surface area contributed by atoms with Crippen LogP contribution in [0, 0.1) is 12.8 Å². The van der Waals surface area contributed by atoms with Crippen molar-refractivity contribution < 1.29 is 24.0 Å². The molecule has 154 valence electrons. The minimum atomic E-state index is -0.828. The normalized spacial score (nSPS) is 23.3. The predicted octanol–water partition coefficient (Wildman–Crippen LogP) is 1.53. The predicted molar refractivity (Wildman–Crippen MR) is 102 cm³/mol. The molecule has 2 aliphatic heterocycles. The second kappa shape index (κ2) is 6.51. The number of carbonyl (C=O) groups is 4. The average Bonchev–Trinajstić information content (AvgIpc) is 3.39. The fourth-order valence-corrected chi connectivity index (χ4v) is 4.33. The summed E-state index contributed by atoms with van der Waals surface area (Å²) in [5, 5.41) is 4.76. The molecule has 30 heavy (non-hydrogen) atoms. The maximum atomic E-state index is 13.1. The van der Waals surface area contributed by atoms with Crippen LogP contribution in [0.1, 0.15) is 57.3 Å². The molecule has 0 spiro atoms. The van der Waals surface area contributed by atoms with E-state index in [1.807, 2.05) is 6.92 Å². The zero-order valence-electron chi connectivity index (χ0n) is 16.6. The molecule has 3 heterocycles. The number of likely N-dealkylation sites (tertiary alicyclic amines) is 1. The van der Waals surface area contributed by atoms with Crippen molar-refractivity contribution in [2.75, 3.05) is 0 Å². The summed E-state index contributed by atoms with van der Waals surface area (Å²) in [7, 11) is 1.79. The number of amides is 3. The van der Waals surface area contributed by atoms with Gasteiger partial charge in [0.05, 0.1) is 29.3 Å². The fraction of sp³-hybridized carbons (Fsp3) is 0.381. The smallest absolute Gasteiger partial charge is 0.332 e. The van der Waals surface area contributed by atoms with Gasteiger partial charge in [-0.25, -0.2) is 4.79 Å². The molecule has 1 aromatic carbocycles. The number of hydrogen-bond acceptors (Lipinski definition) is 6. The molecule has 0 bridgehead atoms. The van der Waals surface area contributed by atoms with Crippen LogP contribution < -0.4 is 0 Å². The SMILES string of the molecule is Cc1c([C@@H]2[C@@H](C(=O)ON3C(=O)c4ccccc4C3=O)CC(=O)N2C2CC2)cnn1C. The van der Waals surface area contributed by atoms with Crippen LogP contribution in [-0.2, 0) is 21.5 Å². The monoisotopic (exact) mass is 408 g/mol. The van der Waals surface area contributed by atoms with Gasteiger partial charge < -0.3 is 9.74 Å². The van der Waals surface area contributed by atoms with Gasteiger partial charge in [0.1, 0.15) is 0 Å². The lowest BCUT2D eigenvalue weighted by Crippen LogP contribution is -2.37. The number of hydrogen-bond donors (Lipinski definition) is 0. The first kappa shape index (κ1) is 18.5. The van der Waals surface area contributed by atoms with E-state index in [4.69, 9.17) is 4.84 Å². The van der Waals surface area contributed by atoms with Gasteiger partial charge in [-0.15, -0.1) is 0 Å². The third-order valence-electron chi connectivity index (χ3n) is 6.14. The lowest BCUT2D eigenvalue weighted by atomic mass is 9.94. The number of imide groups is 1. The van der Waals surface area contributed by atoms with Crippen molar-refractivity contribution in [3.63, 3.8) is 0 Å². The lowest BCUT2D eigenvalue weighted by molar-refractivity contribution is -0.174. The van der Waals surface area contributed by atoms with E-state index in [0.717, 1.165) is 24.1 Å². The topological polar surface area (TPSA) is 102 Å². The van der Waals surface area contributed by atoms with Gasteiger partial charge in [0.25, 0.3) is 11.8 Å². The van der Waals surface area contributed by atoms with Crippen molar-refractivity contribution >= 4 is 23.7 Å². The molecule has 1 aromatic heterocycles. The number of hydroxylamine groups is 2. The summed E-state index contributed by atoms with van der Waals surface area (Å²) in [6.07, 6.45) is 3.41. The van der Waals surface area contributed by atoms with E-state index in [2.05, 4.69) is 5.10 Å². The van der Waals surface area contributed by atoms with Gasteiger partial charge >= 0.3 is 5.97 Å². The third-order valence-corrected chi connectivity index (χ3v) is 6.14. The fourth-order valence-electron chi connectivity index (χ4n) is 4.33. The molecular weight excluding hydrogens is 388 g/mol. The maximum Gasteiger partial charge on any atom is 0.339 e. The number of aromatic nitrogens is 2. The lowest BCUT2D eigenvalue weighted by Gasteiger charge is -2.28. The van der Waals surface area contributed by atoms with Crippen LogP contribution in [-0.4, -0.2) is 49.5 Å².